The molecule has 37 heavy (non-hydrogen) atoms. The molecule has 9 heteroatoms. The van der Waals surface area contributed by atoms with Gasteiger partial charge >= 0.3 is 17.9 Å². The molecule has 3 aromatic rings. The fourth-order valence-corrected chi connectivity index (χ4v) is 3.66. The first kappa shape index (κ1) is 25.7. The van der Waals surface area contributed by atoms with Crippen molar-refractivity contribution in [3.8, 4) is 0 Å². The van der Waals surface area contributed by atoms with Crippen molar-refractivity contribution in [1.29, 1.82) is 0 Å². The molecule has 1 fully saturated rings. The van der Waals surface area contributed by atoms with E-state index >= 15 is 0 Å². The first-order valence-corrected chi connectivity index (χ1v) is 11.4. The molecule has 0 radical (unpaired) electrons. The third kappa shape index (κ3) is 6.27. The van der Waals surface area contributed by atoms with Crippen molar-refractivity contribution in [3.05, 3.63) is 108 Å². The minimum Gasteiger partial charge on any atom is -0.467 e. The zero-order chi connectivity index (χ0) is 26.2. The molecule has 0 amide bonds. The fraction of sp³-hybridized carbons (Fsp3) is 0.214. The molecule has 4 rings (SSSR count). The quantitative estimate of drug-likeness (QED) is 0.259. The van der Waals surface area contributed by atoms with Gasteiger partial charge in [-0.1, -0.05) is 66.7 Å². The highest BCUT2D eigenvalue weighted by Crippen LogP contribution is 2.27. The van der Waals surface area contributed by atoms with Gasteiger partial charge < -0.3 is 23.7 Å². The Kier molecular flexibility index (Phi) is 8.40. The lowest BCUT2D eigenvalue weighted by Gasteiger charge is -2.38. The molecule has 0 aromatic heterocycles. The molecular weight excluding hydrogens is 480 g/mol. The second kappa shape index (κ2) is 12.1. The third-order valence-electron chi connectivity index (χ3n) is 5.54. The van der Waals surface area contributed by atoms with Crippen LogP contribution in [-0.4, -0.2) is 55.4 Å². The molecule has 1 aliphatic heterocycles. The van der Waals surface area contributed by atoms with Gasteiger partial charge in [0.2, 0.25) is 24.3 Å². The summed E-state index contributed by atoms with van der Waals surface area (Å²) in [6.45, 7) is -0.00761. The number of rotatable bonds is 8. The molecule has 0 spiro atoms. The van der Waals surface area contributed by atoms with Gasteiger partial charge in [0.25, 0.3) is 0 Å². The number of ether oxygens (including phenoxy) is 5. The molecule has 0 N–H and O–H groups in total. The van der Waals surface area contributed by atoms with E-state index in [4.69, 9.17) is 23.7 Å². The van der Waals surface area contributed by atoms with Crippen molar-refractivity contribution < 1.29 is 42.9 Å². The molecule has 0 aliphatic carbocycles. The average Bonchev–Trinajstić information content (AvgIpc) is 2.95. The van der Waals surface area contributed by atoms with Gasteiger partial charge in [-0.3, -0.25) is 4.79 Å². The number of esters is 3. The number of hydrogen-bond donors (Lipinski definition) is 0. The molecule has 0 unspecified atom stereocenters. The maximum atomic E-state index is 13.3. The number of hydrogen-bond acceptors (Lipinski definition) is 9. The Bertz CT molecular complexity index is 1230. The van der Waals surface area contributed by atoms with Crippen molar-refractivity contribution in [2.45, 2.75) is 31.2 Å². The van der Waals surface area contributed by atoms with E-state index in [1.807, 2.05) is 6.07 Å². The lowest BCUT2D eigenvalue weighted by Crippen LogP contribution is -2.60. The Morgan fingerprint density at radius 1 is 0.757 bits per heavy atom. The fourth-order valence-electron chi connectivity index (χ4n) is 3.66. The monoisotopic (exact) mass is 504 g/mol. The smallest absolute Gasteiger partial charge is 0.343 e. The molecule has 1 saturated heterocycles. The topological polar surface area (TPSA) is 114 Å². The summed E-state index contributed by atoms with van der Waals surface area (Å²) in [4.78, 5) is 51.5. The zero-order valence-electron chi connectivity index (χ0n) is 19.9. The Morgan fingerprint density at radius 3 is 1.81 bits per heavy atom. The molecule has 190 valence electrons. The van der Waals surface area contributed by atoms with Gasteiger partial charge in [-0.15, -0.1) is 0 Å². The van der Waals surface area contributed by atoms with E-state index in [0.717, 1.165) is 12.7 Å². The highest BCUT2D eigenvalue weighted by atomic mass is 16.7. The molecule has 4 atom stereocenters. The van der Waals surface area contributed by atoms with Crippen molar-refractivity contribution in [1.82, 2.24) is 0 Å². The maximum Gasteiger partial charge on any atom is 0.343 e. The number of ketones is 1. The van der Waals surface area contributed by atoms with Crippen LogP contribution in [0.5, 0.6) is 0 Å². The van der Waals surface area contributed by atoms with Crippen LogP contribution in [0.1, 0.15) is 26.3 Å². The lowest BCUT2D eigenvalue weighted by atomic mass is 9.99. The normalized spacial score (nSPS) is 21.1. The minimum absolute atomic E-state index is 0.00761. The summed E-state index contributed by atoms with van der Waals surface area (Å²) in [6, 6.07) is 25.0. The van der Waals surface area contributed by atoms with Crippen LogP contribution in [0, 0.1) is 0 Å². The van der Waals surface area contributed by atoms with Crippen molar-refractivity contribution in [3.63, 3.8) is 0 Å². The predicted octanol–water partition coefficient (Wildman–Crippen LogP) is 3.12. The zero-order valence-corrected chi connectivity index (χ0v) is 19.9. The van der Waals surface area contributed by atoms with Crippen LogP contribution in [0.15, 0.2) is 91.0 Å². The number of Topliss-reactive ketones (excluding diaryl/α,β-unsaturated/α-hetero) is 1. The number of carbonyl (C=O) groups excluding carboxylic acids is 4. The molecular formula is C28H24O9. The van der Waals surface area contributed by atoms with Crippen LogP contribution < -0.4 is 0 Å². The Hall–Kier alpha value is -4.34. The first-order valence-electron chi connectivity index (χ1n) is 11.4. The van der Waals surface area contributed by atoms with Crippen LogP contribution >= 0.6 is 0 Å². The van der Waals surface area contributed by atoms with E-state index in [-0.39, 0.29) is 17.7 Å². The Labute approximate surface area is 212 Å². The molecule has 0 bridgehead atoms. The number of benzene rings is 3. The summed E-state index contributed by atoms with van der Waals surface area (Å²) in [5.41, 5.74) is 1.11. The van der Waals surface area contributed by atoms with E-state index in [0.29, 0.717) is 0 Å². The third-order valence-corrected chi connectivity index (χ3v) is 5.54. The average molecular weight is 504 g/mol. The Balaban J connectivity index is 1.66. The molecule has 1 heterocycles. The van der Waals surface area contributed by atoms with Crippen LogP contribution in [0.4, 0.5) is 0 Å². The van der Waals surface area contributed by atoms with E-state index in [2.05, 4.69) is 0 Å². The summed E-state index contributed by atoms with van der Waals surface area (Å²) < 4.78 is 27.3. The van der Waals surface area contributed by atoms with E-state index < -0.39 is 48.3 Å². The summed E-state index contributed by atoms with van der Waals surface area (Å²) in [6.07, 6.45) is -6.43. The highest BCUT2D eigenvalue weighted by molar-refractivity contribution is 6.06. The van der Waals surface area contributed by atoms with Gasteiger partial charge in [-0.2, -0.15) is 0 Å². The van der Waals surface area contributed by atoms with Crippen LogP contribution in [0.3, 0.4) is 0 Å². The summed E-state index contributed by atoms with van der Waals surface area (Å²) in [5.74, 6) is -3.60. The van der Waals surface area contributed by atoms with Gasteiger partial charge in [0, 0.05) is 0 Å². The predicted molar refractivity (Wildman–Crippen MR) is 128 cm³/mol. The number of methoxy groups -OCH3 is 1. The van der Waals surface area contributed by atoms with Crippen LogP contribution in [0.2, 0.25) is 0 Å². The van der Waals surface area contributed by atoms with Crippen molar-refractivity contribution in [2.75, 3.05) is 7.11 Å². The van der Waals surface area contributed by atoms with Gasteiger partial charge in [0.15, 0.2) is 6.10 Å². The minimum atomic E-state index is -1.76. The second-order valence-corrected chi connectivity index (χ2v) is 8.03. The van der Waals surface area contributed by atoms with E-state index in [1.165, 1.54) is 24.3 Å². The summed E-state index contributed by atoms with van der Waals surface area (Å²) in [7, 11) is 1.09. The van der Waals surface area contributed by atoms with Crippen LogP contribution in [0.25, 0.3) is 0 Å². The molecule has 0 saturated carbocycles. The first-order chi connectivity index (χ1) is 18.0. The van der Waals surface area contributed by atoms with Gasteiger partial charge in [0.1, 0.15) is 0 Å². The second-order valence-electron chi connectivity index (χ2n) is 8.03. The Morgan fingerprint density at radius 2 is 1.27 bits per heavy atom. The maximum absolute atomic E-state index is 13.3. The molecule has 1 aliphatic rings. The SMILES string of the molecule is COC(=O)[C@@H]1O[C@@H](OCc2ccccc2)[C@H](OC(=O)c2ccccc2)[C@@H](OC(=O)c2ccccc2)C1=O. The largest absolute Gasteiger partial charge is 0.467 e. The lowest BCUT2D eigenvalue weighted by molar-refractivity contribution is -0.257. The van der Waals surface area contributed by atoms with Crippen LogP contribution in [-0.2, 0) is 39.9 Å². The number of carbonyl (C=O) groups is 4. The molecule has 9 nitrogen and oxygen atoms in total. The van der Waals surface area contributed by atoms with E-state index in [1.54, 1.807) is 60.7 Å². The van der Waals surface area contributed by atoms with Crippen molar-refractivity contribution >= 4 is 23.7 Å². The highest BCUT2D eigenvalue weighted by Gasteiger charge is 2.53. The van der Waals surface area contributed by atoms with Gasteiger partial charge in [-0.05, 0) is 29.8 Å². The van der Waals surface area contributed by atoms with Gasteiger partial charge in [-0.25, -0.2) is 14.4 Å². The van der Waals surface area contributed by atoms with Gasteiger partial charge in [0.05, 0.1) is 24.8 Å². The van der Waals surface area contributed by atoms with E-state index in [9.17, 15) is 19.2 Å². The summed E-state index contributed by atoms with van der Waals surface area (Å²) >= 11 is 0. The van der Waals surface area contributed by atoms with Crippen molar-refractivity contribution in [2.24, 2.45) is 0 Å². The molecule has 3 aromatic carbocycles. The standard InChI is InChI=1S/C28H24O9/c1-33-27(32)23-21(29)22(35-25(30)19-13-7-3-8-14-19)24(36-26(31)20-15-9-4-10-16-20)28(37-23)34-17-18-11-5-2-6-12-18/h2-16,22-24,28H,17H2,1H3/t22-,23+,24+,28+/m0/s1. The summed E-state index contributed by atoms with van der Waals surface area (Å²) in [5, 5.41) is 0.